The molecule has 9 heteroatoms. The Labute approximate surface area is 234 Å². The number of anilines is 2. The molecule has 3 rings (SSSR count). The predicted octanol–water partition coefficient (Wildman–Crippen LogP) is 6.08. The third kappa shape index (κ3) is 6.99. The minimum absolute atomic E-state index is 0.0550. The fraction of sp³-hybridized carbons (Fsp3) is 0.567. The fourth-order valence-electron chi connectivity index (χ4n) is 5.10. The van der Waals surface area contributed by atoms with Crippen LogP contribution in [0.1, 0.15) is 110 Å². The Balaban J connectivity index is 2.29. The normalized spacial score (nSPS) is 17.7. The van der Waals surface area contributed by atoms with Gasteiger partial charge in [0.1, 0.15) is 11.6 Å². The predicted molar refractivity (Wildman–Crippen MR) is 159 cm³/mol. The van der Waals surface area contributed by atoms with E-state index in [1.807, 2.05) is 6.07 Å². The quantitative estimate of drug-likeness (QED) is 0.425. The van der Waals surface area contributed by atoms with Crippen LogP contribution in [0.3, 0.4) is 0 Å². The van der Waals surface area contributed by atoms with E-state index in [2.05, 4.69) is 76.9 Å². The standard InChI is InChI=1S/C30H45N5O3S/c1-10-16-35(30(7,8)9)27-23(28(36)34-39(37,38)25-13-11-12-24(31)32-25)18-22(26(33-27)29(4,5)6)20(3)21-15-14-19(2)17-21/h11-13,18-19H,10,14-17H2,1-9H3,(H2,31,32)(H,34,36)/b21-20+. The first kappa shape index (κ1) is 30.6. The molecule has 1 amide bonds. The zero-order chi connectivity index (χ0) is 29.3. The first-order valence-corrected chi connectivity index (χ1v) is 15.3. The molecule has 0 saturated heterocycles. The number of rotatable bonds is 7. The number of sulfonamides is 1. The van der Waals surface area contributed by atoms with E-state index < -0.39 is 15.9 Å². The van der Waals surface area contributed by atoms with E-state index in [1.165, 1.54) is 23.8 Å². The molecular formula is C30H45N5O3S. The summed E-state index contributed by atoms with van der Waals surface area (Å²) >= 11 is 0. The Morgan fingerprint density at radius 1 is 1.13 bits per heavy atom. The van der Waals surface area contributed by atoms with E-state index in [0.717, 1.165) is 42.5 Å². The summed E-state index contributed by atoms with van der Waals surface area (Å²) in [6.07, 6.45) is 3.99. The molecule has 1 saturated carbocycles. The second kappa shape index (κ2) is 11.3. The number of nitrogens with two attached hydrogens (primary N) is 1. The molecule has 2 aromatic heterocycles. The van der Waals surface area contributed by atoms with Gasteiger partial charge in [-0.1, -0.05) is 46.3 Å². The van der Waals surface area contributed by atoms with E-state index in [0.29, 0.717) is 18.3 Å². The Hall–Kier alpha value is -2.94. The van der Waals surface area contributed by atoms with Crippen molar-refractivity contribution in [1.29, 1.82) is 0 Å². The number of aromatic nitrogens is 2. The highest BCUT2D eigenvalue weighted by atomic mass is 32.2. The van der Waals surface area contributed by atoms with Crippen molar-refractivity contribution in [3.8, 4) is 0 Å². The number of nitrogens with zero attached hydrogens (tertiary/aromatic N) is 3. The van der Waals surface area contributed by atoms with Crippen LogP contribution < -0.4 is 15.4 Å². The van der Waals surface area contributed by atoms with Gasteiger partial charge in [-0.05, 0) is 83.1 Å². The van der Waals surface area contributed by atoms with E-state index >= 15 is 0 Å². The van der Waals surface area contributed by atoms with Gasteiger partial charge in [-0.15, -0.1) is 0 Å². The molecule has 1 unspecified atom stereocenters. The van der Waals surface area contributed by atoms with Crippen molar-refractivity contribution in [1.82, 2.24) is 14.7 Å². The molecule has 0 aromatic carbocycles. The maximum atomic E-state index is 13.9. The van der Waals surface area contributed by atoms with Gasteiger partial charge < -0.3 is 10.6 Å². The van der Waals surface area contributed by atoms with Crippen LogP contribution in [0.2, 0.25) is 0 Å². The van der Waals surface area contributed by atoms with Crippen molar-refractivity contribution in [2.24, 2.45) is 5.92 Å². The Kier molecular flexibility index (Phi) is 8.85. The van der Waals surface area contributed by atoms with Crippen LogP contribution in [-0.4, -0.2) is 36.4 Å². The molecule has 3 N–H and O–H groups in total. The average molecular weight is 556 g/mol. The molecule has 1 aliphatic carbocycles. The smallest absolute Gasteiger partial charge is 0.281 e. The van der Waals surface area contributed by atoms with Crippen LogP contribution >= 0.6 is 0 Å². The maximum absolute atomic E-state index is 13.9. The van der Waals surface area contributed by atoms with Gasteiger partial charge >= 0.3 is 0 Å². The van der Waals surface area contributed by atoms with E-state index in [4.69, 9.17) is 10.7 Å². The van der Waals surface area contributed by atoms with Crippen molar-refractivity contribution in [3.05, 3.63) is 46.7 Å². The lowest BCUT2D eigenvalue weighted by atomic mass is 9.84. The molecule has 1 atom stereocenters. The number of hydrogen-bond acceptors (Lipinski definition) is 7. The number of amides is 1. The van der Waals surface area contributed by atoms with Gasteiger partial charge in [0.2, 0.25) is 0 Å². The summed E-state index contributed by atoms with van der Waals surface area (Å²) in [5, 5.41) is -0.309. The first-order chi connectivity index (χ1) is 18.0. The number of pyridine rings is 2. The molecule has 1 fully saturated rings. The molecule has 214 valence electrons. The minimum Gasteiger partial charge on any atom is -0.384 e. The number of hydrogen-bond donors (Lipinski definition) is 2. The molecule has 0 radical (unpaired) electrons. The SMILES string of the molecule is CCCN(c1nc(C(C)(C)C)c(/C(C)=C2\CCC(C)C2)cc1C(=O)NS(=O)(=O)c1cccc(N)n1)C(C)(C)C. The highest BCUT2D eigenvalue weighted by molar-refractivity contribution is 7.90. The number of nitrogens with one attached hydrogen (secondary N) is 1. The Bertz CT molecular complexity index is 1370. The average Bonchev–Trinajstić information content (AvgIpc) is 3.26. The highest BCUT2D eigenvalue weighted by Crippen LogP contribution is 2.40. The second-order valence-electron chi connectivity index (χ2n) is 12.7. The first-order valence-electron chi connectivity index (χ1n) is 13.8. The van der Waals surface area contributed by atoms with E-state index in [1.54, 1.807) is 0 Å². The largest absolute Gasteiger partial charge is 0.384 e. The van der Waals surface area contributed by atoms with Crippen molar-refractivity contribution >= 4 is 33.1 Å². The summed E-state index contributed by atoms with van der Waals surface area (Å²) in [6, 6.07) is 6.14. The van der Waals surface area contributed by atoms with Crippen molar-refractivity contribution in [3.63, 3.8) is 0 Å². The molecule has 8 nitrogen and oxygen atoms in total. The summed E-state index contributed by atoms with van der Waals surface area (Å²) in [4.78, 5) is 25.0. The molecule has 0 aliphatic heterocycles. The fourth-order valence-corrected chi connectivity index (χ4v) is 6.04. The number of nitrogen functional groups attached to an aromatic ring is 1. The number of carbonyl (C=O) groups is 1. The van der Waals surface area contributed by atoms with Crippen LogP contribution in [0.4, 0.5) is 11.6 Å². The van der Waals surface area contributed by atoms with Gasteiger partial charge in [0, 0.05) is 23.1 Å². The van der Waals surface area contributed by atoms with Crippen LogP contribution in [0, 0.1) is 5.92 Å². The lowest BCUT2D eigenvalue weighted by Gasteiger charge is -2.39. The van der Waals surface area contributed by atoms with Crippen molar-refractivity contribution < 1.29 is 13.2 Å². The monoisotopic (exact) mass is 555 g/mol. The number of allylic oxidation sites excluding steroid dienone is 2. The summed E-state index contributed by atoms with van der Waals surface area (Å²) in [7, 11) is -4.26. The minimum atomic E-state index is -4.26. The lowest BCUT2D eigenvalue weighted by molar-refractivity contribution is 0.0981. The van der Waals surface area contributed by atoms with Gasteiger partial charge in [0.25, 0.3) is 15.9 Å². The zero-order valence-corrected chi connectivity index (χ0v) is 25.8. The van der Waals surface area contributed by atoms with Crippen LogP contribution in [-0.2, 0) is 15.4 Å². The van der Waals surface area contributed by atoms with Gasteiger partial charge in [-0.3, -0.25) is 4.79 Å². The Morgan fingerprint density at radius 3 is 2.31 bits per heavy atom. The summed E-state index contributed by atoms with van der Waals surface area (Å²) in [5.74, 6) is 0.398. The molecular weight excluding hydrogens is 510 g/mol. The molecule has 0 bridgehead atoms. The van der Waals surface area contributed by atoms with Crippen molar-refractivity contribution in [2.75, 3.05) is 17.2 Å². The Morgan fingerprint density at radius 2 is 1.79 bits per heavy atom. The van der Waals surface area contributed by atoms with Gasteiger partial charge in [-0.2, -0.15) is 8.42 Å². The van der Waals surface area contributed by atoms with E-state index in [9.17, 15) is 13.2 Å². The van der Waals surface area contributed by atoms with Crippen molar-refractivity contribution in [2.45, 2.75) is 104 Å². The third-order valence-corrected chi connectivity index (χ3v) is 8.42. The lowest BCUT2D eigenvalue weighted by Crippen LogP contribution is -2.44. The summed E-state index contributed by atoms with van der Waals surface area (Å²) in [6.45, 7) is 19.6. The zero-order valence-electron chi connectivity index (χ0n) is 25.0. The van der Waals surface area contributed by atoms with Crippen LogP contribution in [0.15, 0.2) is 34.9 Å². The summed E-state index contributed by atoms with van der Waals surface area (Å²) in [5.41, 5.74) is 9.54. The van der Waals surface area contributed by atoms with E-state index in [-0.39, 0.29) is 27.4 Å². The topological polar surface area (TPSA) is 118 Å². The van der Waals surface area contributed by atoms with Crippen LogP contribution in [0.5, 0.6) is 0 Å². The molecule has 2 aromatic rings. The highest BCUT2D eigenvalue weighted by Gasteiger charge is 2.33. The maximum Gasteiger partial charge on any atom is 0.281 e. The molecule has 0 spiro atoms. The molecule has 39 heavy (non-hydrogen) atoms. The van der Waals surface area contributed by atoms with Gasteiger partial charge in [0.05, 0.1) is 11.3 Å². The molecule has 1 aliphatic rings. The third-order valence-electron chi connectivity index (χ3n) is 7.19. The van der Waals surface area contributed by atoms with Gasteiger partial charge in [0.15, 0.2) is 5.03 Å². The van der Waals surface area contributed by atoms with Crippen LogP contribution in [0.25, 0.3) is 5.57 Å². The second-order valence-corrected chi connectivity index (χ2v) is 14.4. The summed E-state index contributed by atoms with van der Waals surface area (Å²) < 4.78 is 28.6. The van der Waals surface area contributed by atoms with Gasteiger partial charge in [-0.25, -0.2) is 14.7 Å². The number of carbonyl (C=O) groups excluding carboxylic acids is 1. The molecule has 2 heterocycles.